The Morgan fingerprint density at radius 3 is 2.76 bits per heavy atom. The van der Waals surface area contributed by atoms with Gasteiger partial charge in [-0.3, -0.25) is 0 Å². The van der Waals surface area contributed by atoms with Crippen molar-refractivity contribution < 1.29 is 9.90 Å². The molecule has 2 fully saturated rings. The third-order valence-corrected chi connectivity index (χ3v) is 4.89. The summed E-state index contributed by atoms with van der Waals surface area (Å²) >= 11 is 0. The van der Waals surface area contributed by atoms with Crippen molar-refractivity contribution in [2.45, 2.75) is 44.6 Å². The van der Waals surface area contributed by atoms with Crippen LogP contribution in [0.15, 0.2) is 30.3 Å². The molecule has 1 saturated heterocycles. The van der Waals surface area contributed by atoms with Gasteiger partial charge >= 0.3 is 5.97 Å². The maximum Gasteiger partial charge on any atom is 0.328 e. The lowest BCUT2D eigenvalue weighted by molar-refractivity contribution is -0.131. The number of hydrogen-bond donors (Lipinski definition) is 1. The Morgan fingerprint density at radius 2 is 1.90 bits per heavy atom. The van der Waals surface area contributed by atoms with Gasteiger partial charge in [-0.1, -0.05) is 31.0 Å². The molecule has 0 radical (unpaired) electrons. The fourth-order valence-electron chi connectivity index (χ4n) is 3.97. The van der Waals surface area contributed by atoms with Crippen LogP contribution in [0.4, 0.5) is 5.69 Å². The molecule has 2 aliphatic rings. The van der Waals surface area contributed by atoms with Crippen LogP contribution in [0.5, 0.6) is 0 Å². The number of hydrogen-bond acceptors (Lipinski definition) is 2. The first-order valence-corrected chi connectivity index (χ1v) is 8.02. The number of anilines is 1. The van der Waals surface area contributed by atoms with E-state index in [1.165, 1.54) is 50.3 Å². The molecule has 1 aromatic carbocycles. The lowest BCUT2D eigenvalue weighted by Gasteiger charge is -2.46. The first-order chi connectivity index (χ1) is 10.3. The highest BCUT2D eigenvalue weighted by atomic mass is 16.4. The second kappa shape index (κ2) is 6.33. The van der Waals surface area contributed by atoms with E-state index in [-0.39, 0.29) is 0 Å². The Bertz CT molecular complexity index is 536. The van der Waals surface area contributed by atoms with Gasteiger partial charge in [-0.25, -0.2) is 4.79 Å². The van der Waals surface area contributed by atoms with Crippen LogP contribution >= 0.6 is 0 Å². The number of fused-ring (bicyclic) bond motifs is 1. The average Bonchev–Trinajstić information content (AvgIpc) is 2.53. The van der Waals surface area contributed by atoms with Gasteiger partial charge in [0.1, 0.15) is 0 Å². The molecular weight excluding hydrogens is 262 g/mol. The molecule has 3 rings (SSSR count). The van der Waals surface area contributed by atoms with Gasteiger partial charge in [0, 0.05) is 24.4 Å². The number of aliphatic carboxylic acids is 1. The number of piperidine rings is 1. The summed E-state index contributed by atoms with van der Waals surface area (Å²) in [6.07, 6.45) is 10.9. The average molecular weight is 285 g/mol. The molecule has 2 unspecified atom stereocenters. The Labute approximate surface area is 126 Å². The molecule has 2 atom stereocenters. The third-order valence-electron chi connectivity index (χ3n) is 4.89. The summed E-state index contributed by atoms with van der Waals surface area (Å²) in [6.45, 7) is 1.10. The first kappa shape index (κ1) is 14.2. The largest absolute Gasteiger partial charge is 0.478 e. The highest BCUT2D eigenvalue weighted by molar-refractivity contribution is 5.87. The van der Waals surface area contributed by atoms with Crippen LogP contribution in [0.25, 0.3) is 6.08 Å². The van der Waals surface area contributed by atoms with Crippen LogP contribution < -0.4 is 4.90 Å². The molecule has 1 aromatic rings. The van der Waals surface area contributed by atoms with E-state index in [4.69, 9.17) is 5.11 Å². The summed E-state index contributed by atoms with van der Waals surface area (Å²) < 4.78 is 0. The molecule has 0 bridgehead atoms. The maximum absolute atomic E-state index is 10.8. The Morgan fingerprint density at radius 1 is 1.14 bits per heavy atom. The van der Waals surface area contributed by atoms with Gasteiger partial charge in [0.2, 0.25) is 0 Å². The number of carboxylic acid groups (broad SMARTS) is 1. The number of para-hydroxylation sites is 1. The summed E-state index contributed by atoms with van der Waals surface area (Å²) in [5.74, 6) is -0.0667. The van der Waals surface area contributed by atoms with Gasteiger partial charge in [-0.05, 0) is 49.3 Å². The van der Waals surface area contributed by atoms with Gasteiger partial charge in [0.25, 0.3) is 0 Å². The summed E-state index contributed by atoms with van der Waals surface area (Å²) in [4.78, 5) is 13.3. The van der Waals surface area contributed by atoms with E-state index in [9.17, 15) is 4.79 Å². The van der Waals surface area contributed by atoms with E-state index in [2.05, 4.69) is 17.0 Å². The van der Waals surface area contributed by atoms with Gasteiger partial charge in [-0.15, -0.1) is 0 Å². The van der Waals surface area contributed by atoms with Crippen LogP contribution in [0.1, 0.15) is 44.1 Å². The number of benzene rings is 1. The number of carbonyl (C=O) groups is 1. The zero-order valence-electron chi connectivity index (χ0n) is 12.4. The zero-order valence-corrected chi connectivity index (χ0v) is 12.4. The fraction of sp³-hybridized carbons (Fsp3) is 0.500. The molecule has 1 aliphatic heterocycles. The number of nitrogens with zero attached hydrogens (tertiary/aromatic N) is 1. The van der Waals surface area contributed by atoms with E-state index >= 15 is 0 Å². The molecule has 3 nitrogen and oxygen atoms in total. The maximum atomic E-state index is 10.8. The highest BCUT2D eigenvalue weighted by Crippen LogP contribution is 2.38. The van der Waals surface area contributed by atoms with Crippen LogP contribution in [-0.2, 0) is 4.79 Å². The molecule has 0 amide bonds. The van der Waals surface area contributed by atoms with Crippen molar-refractivity contribution in [1.82, 2.24) is 0 Å². The Kier molecular flexibility index (Phi) is 4.28. The van der Waals surface area contributed by atoms with E-state index in [0.29, 0.717) is 6.04 Å². The second-order valence-corrected chi connectivity index (χ2v) is 6.18. The van der Waals surface area contributed by atoms with Gasteiger partial charge in [0.15, 0.2) is 0 Å². The van der Waals surface area contributed by atoms with Gasteiger partial charge < -0.3 is 10.0 Å². The standard InChI is InChI=1S/C18H23NO2/c20-18(21)12-11-15-7-2-4-10-17(15)19-13-5-8-14-6-1-3-9-16(14)19/h2,4,7,10-12,14,16H,1,3,5-6,8-9,13H2,(H,20,21)/b12-11+. The van der Waals surface area contributed by atoms with Crippen molar-refractivity contribution in [3.63, 3.8) is 0 Å². The quantitative estimate of drug-likeness (QED) is 0.855. The van der Waals surface area contributed by atoms with E-state index in [0.717, 1.165) is 18.0 Å². The molecule has 0 spiro atoms. The van der Waals surface area contributed by atoms with E-state index < -0.39 is 5.97 Å². The molecule has 1 heterocycles. The smallest absolute Gasteiger partial charge is 0.328 e. The third kappa shape index (κ3) is 3.12. The molecule has 1 N–H and O–H groups in total. The minimum atomic E-state index is -0.890. The molecular formula is C18H23NO2. The first-order valence-electron chi connectivity index (χ1n) is 8.02. The SMILES string of the molecule is O=C(O)/C=C/c1ccccc1N1CCCC2CCCCC21. The summed E-state index contributed by atoms with van der Waals surface area (Å²) in [7, 11) is 0. The van der Waals surface area contributed by atoms with Crippen molar-refractivity contribution in [3.8, 4) is 0 Å². The predicted molar refractivity (Wildman–Crippen MR) is 85.4 cm³/mol. The van der Waals surface area contributed by atoms with Crippen molar-refractivity contribution in [2.75, 3.05) is 11.4 Å². The van der Waals surface area contributed by atoms with Gasteiger partial charge in [0.05, 0.1) is 0 Å². The summed E-state index contributed by atoms with van der Waals surface area (Å²) in [5.41, 5.74) is 2.22. The van der Waals surface area contributed by atoms with Crippen molar-refractivity contribution >= 4 is 17.7 Å². The van der Waals surface area contributed by atoms with Gasteiger partial charge in [-0.2, -0.15) is 0 Å². The Hall–Kier alpha value is -1.77. The lowest BCUT2D eigenvalue weighted by atomic mass is 9.78. The predicted octanol–water partition coefficient (Wildman–Crippen LogP) is 3.94. The van der Waals surface area contributed by atoms with Crippen LogP contribution in [0, 0.1) is 5.92 Å². The van der Waals surface area contributed by atoms with Crippen molar-refractivity contribution in [2.24, 2.45) is 5.92 Å². The van der Waals surface area contributed by atoms with Crippen molar-refractivity contribution in [3.05, 3.63) is 35.9 Å². The highest BCUT2D eigenvalue weighted by Gasteiger charge is 2.33. The molecule has 112 valence electrons. The summed E-state index contributed by atoms with van der Waals surface area (Å²) in [5, 5.41) is 8.86. The number of carboxylic acids is 1. The van der Waals surface area contributed by atoms with Crippen molar-refractivity contribution in [1.29, 1.82) is 0 Å². The summed E-state index contributed by atoms with van der Waals surface area (Å²) in [6, 6.07) is 8.83. The molecule has 21 heavy (non-hydrogen) atoms. The molecule has 1 saturated carbocycles. The monoisotopic (exact) mass is 285 g/mol. The minimum absolute atomic E-state index is 0.645. The lowest BCUT2D eigenvalue weighted by Crippen LogP contribution is -2.47. The van der Waals surface area contributed by atoms with Crippen LogP contribution in [0.3, 0.4) is 0 Å². The van der Waals surface area contributed by atoms with Crippen LogP contribution in [-0.4, -0.2) is 23.7 Å². The molecule has 0 aromatic heterocycles. The number of rotatable bonds is 3. The van der Waals surface area contributed by atoms with Crippen LogP contribution in [0.2, 0.25) is 0 Å². The second-order valence-electron chi connectivity index (χ2n) is 6.18. The van der Waals surface area contributed by atoms with E-state index in [1.807, 2.05) is 12.1 Å². The minimum Gasteiger partial charge on any atom is -0.478 e. The molecule has 3 heteroatoms. The Balaban J connectivity index is 1.89. The molecule has 1 aliphatic carbocycles. The normalized spacial score (nSPS) is 25.8. The van der Waals surface area contributed by atoms with E-state index in [1.54, 1.807) is 6.08 Å². The topological polar surface area (TPSA) is 40.5 Å². The zero-order chi connectivity index (χ0) is 14.7. The fourth-order valence-corrected chi connectivity index (χ4v) is 3.97.